The Morgan fingerprint density at radius 3 is 2.40 bits per heavy atom. The van der Waals surface area contributed by atoms with Gasteiger partial charge in [-0.2, -0.15) is 0 Å². The van der Waals surface area contributed by atoms with Crippen molar-refractivity contribution in [3.63, 3.8) is 0 Å². The Hall–Kier alpha value is -0.353. The lowest BCUT2D eigenvalue weighted by molar-refractivity contribution is -0.143. The third-order valence-corrected chi connectivity index (χ3v) is 4.02. The summed E-state index contributed by atoms with van der Waals surface area (Å²) in [5, 5.41) is 0. The van der Waals surface area contributed by atoms with Gasteiger partial charge in [0.2, 0.25) is 0 Å². The fraction of sp³-hybridized carbons (Fsp3) is 0.909. The fourth-order valence-electron chi connectivity index (χ4n) is 1.27. The molecule has 0 bridgehead atoms. The molecule has 3 nitrogen and oxygen atoms in total. The molecule has 0 heterocycles. The molecular formula is C11H25NO2Si. The Labute approximate surface area is 94.4 Å². The van der Waals surface area contributed by atoms with Crippen LogP contribution in [-0.2, 0) is 9.53 Å². The SMILES string of the molecule is C[Si](C)(C)CCCOC(=O)CCCCN. The Bertz CT molecular complexity index is 178. The summed E-state index contributed by atoms with van der Waals surface area (Å²) in [6.45, 7) is 8.23. The molecule has 0 aliphatic carbocycles. The van der Waals surface area contributed by atoms with E-state index in [2.05, 4.69) is 19.6 Å². The third-order valence-electron chi connectivity index (χ3n) is 2.17. The number of carbonyl (C=O) groups excluding carboxylic acids is 1. The van der Waals surface area contributed by atoms with Gasteiger partial charge in [-0.05, 0) is 25.8 Å². The smallest absolute Gasteiger partial charge is 0.305 e. The van der Waals surface area contributed by atoms with E-state index in [1.807, 2.05) is 0 Å². The lowest BCUT2D eigenvalue weighted by atomic mass is 10.2. The summed E-state index contributed by atoms with van der Waals surface area (Å²) in [7, 11) is -0.968. The second-order valence-corrected chi connectivity index (χ2v) is 10.8. The molecule has 90 valence electrons. The van der Waals surface area contributed by atoms with E-state index in [-0.39, 0.29) is 5.97 Å². The maximum Gasteiger partial charge on any atom is 0.305 e. The van der Waals surface area contributed by atoms with Gasteiger partial charge in [-0.15, -0.1) is 0 Å². The number of rotatable bonds is 8. The van der Waals surface area contributed by atoms with E-state index in [1.165, 1.54) is 6.04 Å². The highest BCUT2D eigenvalue weighted by Gasteiger charge is 2.12. The van der Waals surface area contributed by atoms with Crippen LogP contribution in [-0.4, -0.2) is 27.2 Å². The van der Waals surface area contributed by atoms with E-state index in [1.54, 1.807) is 0 Å². The van der Waals surface area contributed by atoms with Gasteiger partial charge in [0.1, 0.15) is 0 Å². The van der Waals surface area contributed by atoms with E-state index >= 15 is 0 Å². The molecule has 0 rings (SSSR count). The summed E-state index contributed by atoms with van der Waals surface area (Å²) in [5.41, 5.74) is 5.34. The van der Waals surface area contributed by atoms with Gasteiger partial charge in [0.15, 0.2) is 0 Å². The van der Waals surface area contributed by atoms with Crippen molar-refractivity contribution < 1.29 is 9.53 Å². The standard InChI is InChI=1S/C11H25NO2Si/c1-15(2,3)10-6-9-14-11(13)7-4-5-8-12/h4-10,12H2,1-3H3. The minimum atomic E-state index is -0.968. The Balaban J connectivity index is 3.32. The van der Waals surface area contributed by atoms with Gasteiger partial charge in [0.25, 0.3) is 0 Å². The average molecular weight is 231 g/mol. The van der Waals surface area contributed by atoms with E-state index < -0.39 is 8.07 Å². The van der Waals surface area contributed by atoms with Crippen LogP contribution in [0.25, 0.3) is 0 Å². The molecule has 0 saturated carbocycles. The van der Waals surface area contributed by atoms with Gasteiger partial charge in [0.05, 0.1) is 6.61 Å². The number of carbonyl (C=O) groups is 1. The highest BCUT2D eigenvalue weighted by molar-refractivity contribution is 6.76. The van der Waals surface area contributed by atoms with Gasteiger partial charge in [0, 0.05) is 14.5 Å². The summed E-state index contributed by atoms with van der Waals surface area (Å²) in [6, 6.07) is 1.23. The Morgan fingerprint density at radius 1 is 1.20 bits per heavy atom. The van der Waals surface area contributed by atoms with Crippen LogP contribution >= 0.6 is 0 Å². The van der Waals surface area contributed by atoms with E-state index in [4.69, 9.17) is 10.5 Å². The number of hydrogen-bond donors (Lipinski definition) is 1. The first-order valence-corrected chi connectivity index (χ1v) is 9.52. The second kappa shape index (κ2) is 7.88. The summed E-state index contributed by atoms with van der Waals surface area (Å²) in [5.74, 6) is -0.0703. The van der Waals surface area contributed by atoms with Crippen LogP contribution in [0.15, 0.2) is 0 Å². The number of nitrogens with two attached hydrogens (primary N) is 1. The molecule has 0 fully saturated rings. The molecule has 0 aliphatic heterocycles. The molecule has 0 aromatic rings. The van der Waals surface area contributed by atoms with Crippen molar-refractivity contribution in [1.82, 2.24) is 0 Å². The van der Waals surface area contributed by atoms with Crippen LogP contribution in [0.5, 0.6) is 0 Å². The lowest BCUT2D eigenvalue weighted by Gasteiger charge is -2.15. The topological polar surface area (TPSA) is 52.3 Å². The van der Waals surface area contributed by atoms with Crippen LogP contribution in [0.2, 0.25) is 25.7 Å². The van der Waals surface area contributed by atoms with Crippen molar-refractivity contribution in [1.29, 1.82) is 0 Å². The van der Waals surface area contributed by atoms with Crippen molar-refractivity contribution in [2.24, 2.45) is 5.73 Å². The summed E-state index contributed by atoms with van der Waals surface area (Å²) in [4.78, 5) is 11.2. The summed E-state index contributed by atoms with van der Waals surface area (Å²) >= 11 is 0. The molecule has 0 radical (unpaired) electrons. The summed E-state index contributed by atoms with van der Waals surface area (Å²) < 4.78 is 5.13. The average Bonchev–Trinajstić information content (AvgIpc) is 2.11. The minimum Gasteiger partial charge on any atom is -0.466 e. The number of unbranched alkanes of at least 4 members (excludes halogenated alkanes) is 1. The van der Waals surface area contributed by atoms with Crippen LogP contribution < -0.4 is 5.73 Å². The molecule has 4 heteroatoms. The largest absolute Gasteiger partial charge is 0.466 e. The van der Waals surface area contributed by atoms with Gasteiger partial charge in [-0.1, -0.05) is 25.7 Å². The number of hydrogen-bond acceptors (Lipinski definition) is 3. The van der Waals surface area contributed by atoms with Crippen molar-refractivity contribution in [2.75, 3.05) is 13.2 Å². The minimum absolute atomic E-state index is 0.0703. The van der Waals surface area contributed by atoms with Gasteiger partial charge in [-0.3, -0.25) is 4.79 Å². The zero-order valence-electron chi connectivity index (χ0n) is 10.3. The number of ether oxygens (including phenoxy) is 1. The maximum atomic E-state index is 11.2. The lowest BCUT2D eigenvalue weighted by Crippen LogP contribution is -2.20. The predicted octanol–water partition coefficient (Wildman–Crippen LogP) is 2.39. The van der Waals surface area contributed by atoms with Crippen molar-refractivity contribution in [3.05, 3.63) is 0 Å². The highest BCUT2D eigenvalue weighted by Crippen LogP contribution is 2.10. The molecule has 0 atom stereocenters. The van der Waals surface area contributed by atoms with Crippen LogP contribution in [0.3, 0.4) is 0 Å². The Kier molecular flexibility index (Phi) is 7.69. The van der Waals surface area contributed by atoms with E-state index in [9.17, 15) is 4.79 Å². The third kappa shape index (κ3) is 11.6. The van der Waals surface area contributed by atoms with Crippen molar-refractivity contribution in [2.45, 2.75) is 51.4 Å². The molecule has 0 aromatic carbocycles. The monoisotopic (exact) mass is 231 g/mol. The van der Waals surface area contributed by atoms with E-state index in [0.29, 0.717) is 19.6 Å². The van der Waals surface area contributed by atoms with Gasteiger partial charge in [-0.25, -0.2) is 0 Å². The number of esters is 1. The molecule has 0 aliphatic rings. The molecule has 15 heavy (non-hydrogen) atoms. The summed E-state index contributed by atoms with van der Waals surface area (Å²) in [6.07, 6.45) is 3.29. The van der Waals surface area contributed by atoms with Crippen LogP contribution in [0, 0.1) is 0 Å². The first kappa shape index (κ1) is 14.6. The molecule has 0 spiro atoms. The van der Waals surface area contributed by atoms with Crippen LogP contribution in [0.4, 0.5) is 0 Å². The second-order valence-electron chi connectivity index (χ2n) is 5.13. The highest BCUT2D eigenvalue weighted by atomic mass is 28.3. The van der Waals surface area contributed by atoms with E-state index in [0.717, 1.165) is 19.3 Å². The molecule has 0 amide bonds. The molecule has 0 aromatic heterocycles. The first-order valence-electron chi connectivity index (χ1n) is 5.81. The zero-order valence-corrected chi connectivity index (χ0v) is 11.3. The first-order chi connectivity index (χ1) is 6.95. The van der Waals surface area contributed by atoms with Crippen molar-refractivity contribution in [3.8, 4) is 0 Å². The predicted molar refractivity (Wildman–Crippen MR) is 66.6 cm³/mol. The normalized spacial score (nSPS) is 11.5. The van der Waals surface area contributed by atoms with Gasteiger partial charge < -0.3 is 10.5 Å². The zero-order chi connectivity index (χ0) is 11.7. The molecule has 0 unspecified atom stereocenters. The van der Waals surface area contributed by atoms with Gasteiger partial charge >= 0.3 is 5.97 Å². The van der Waals surface area contributed by atoms with Crippen molar-refractivity contribution >= 4 is 14.0 Å². The molecule has 0 saturated heterocycles. The quantitative estimate of drug-likeness (QED) is 0.396. The van der Waals surface area contributed by atoms with Crippen LogP contribution in [0.1, 0.15) is 25.7 Å². The maximum absolute atomic E-state index is 11.2. The fourth-order valence-corrected chi connectivity index (χ4v) is 2.48. The molecular weight excluding hydrogens is 206 g/mol. The molecule has 2 N–H and O–H groups in total. The Morgan fingerprint density at radius 2 is 1.87 bits per heavy atom.